The number of nitrogens with zero attached hydrogens (tertiary/aromatic N) is 2. The molecule has 0 spiro atoms. The molecule has 6 nitrogen and oxygen atoms in total. The predicted octanol–water partition coefficient (Wildman–Crippen LogP) is 0.735. The second kappa shape index (κ2) is 6.44. The summed E-state index contributed by atoms with van der Waals surface area (Å²) >= 11 is 2.43. The first-order valence-electron chi connectivity index (χ1n) is 4.51. The minimum Gasteiger partial charge on any atom is -0.466 e. The van der Waals surface area contributed by atoms with E-state index in [0.29, 0.717) is 9.47 Å². The van der Waals surface area contributed by atoms with Gasteiger partial charge in [0, 0.05) is 0 Å². The number of nitrogens with two attached hydrogens (primary N) is 1. The third-order valence-corrected chi connectivity index (χ3v) is 3.37. The van der Waals surface area contributed by atoms with Gasteiger partial charge in [-0.3, -0.25) is 9.59 Å². The summed E-state index contributed by atoms with van der Waals surface area (Å²) < 4.78 is 5.27. The van der Waals surface area contributed by atoms with Crippen molar-refractivity contribution in [1.29, 1.82) is 0 Å². The van der Waals surface area contributed by atoms with Crippen LogP contribution in [-0.2, 0) is 14.3 Å². The minimum absolute atomic E-state index is 0.174. The Morgan fingerprint density at radius 3 is 2.81 bits per heavy atom. The van der Waals surface area contributed by atoms with Crippen LogP contribution in [0.25, 0.3) is 0 Å². The van der Waals surface area contributed by atoms with Crippen molar-refractivity contribution in [2.75, 3.05) is 18.1 Å². The van der Waals surface area contributed by atoms with Crippen LogP contribution in [0, 0.1) is 0 Å². The molecule has 8 heteroatoms. The van der Waals surface area contributed by atoms with Crippen LogP contribution in [0.4, 0.5) is 5.13 Å². The van der Waals surface area contributed by atoms with Gasteiger partial charge in [-0.1, -0.05) is 23.1 Å². The molecule has 0 aliphatic heterocycles. The highest BCUT2D eigenvalue weighted by Gasteiger charge is 2.12. The van der Waals surface area contributed by atoms with E-state index in [9.17, 15) is 9.59 Å². The number of ether oxygens (including phenoxy) is 1. The number of aromatic nitrogens is 2. The second-order valence-electron chi connectivity index (χ2n) is 2.72. The van der Waals surface area contributed by atoms with Crippen molar-refractivity contribution in [2.24, 2.45) is 0 Å². The van der Waals surface area contributed by atoms with Crippen molar-refractivity contribution in [1.82, 2.24) is 10.2 Å². The van der Waals surface area contributed by atoms with Gasteiger partial charge in [-0.2, -0.15) is 0 Å². The fourth-order valence-corrected chi connectivity index (χ4v) is 2.34. The average Bonchev–Trinajstić information content (AvgIpc) is 2.61. The van der Waals surface area contributed by atoms with Crippen LogP contribution in [0.1, 0.15) is 13.3 Å². The zero-order valence-electron chi connectivity index (χ0n) is 8.63. The Morgan fingerprint density at radius 1 is 1.50 bits per heavy atom. The first-order chi connectivity index (χ1) is 7.61. The van der Waals surface area contributed by atoms with E-state index in [2.05, 4.69) is 14.9 Å². The molecule has 1 aromatic rings. The number of Topliss-reactive ketones (excluding diaryl/α,β-unsaturated/α-hetero) is 1. The summed E-state index contributed by atoms with van der Waals surface area (Å²) in [5, 5.41) is 7.71. The van der Waals surface area contributed by atoms with Gasteiger partial charge in [0.2, 0.25) is 5.13 Å². The lowest BCUT2D eigenvalue weighted by Gasteiger charge is -1.99. The molecule has 0 aromatic carbocycles. The highest BCUT2D eigenvalue weighted by molar-refractivity contribution is 8.01. The number of rotatable bonds is 6. The maximum atomic E-state index is 11.3. The third-order valence-electron chi connectivity index (χ3n) is 1.43. The van der Waals surface area contributed by atoms with Gasteiger partial charge in [0.25, 0.3) is 0 Å². The highest BCUT2D eigenvalue weighted by atomic mass is 32.2. The Kier molecular flexibility index (Phi) is 5.20. The first kappa shape index (κ1) is 12.9. The van der Waals surface area contributed by atoms with Crippen molar-refractivity contribution in [3.05, 3.63) is 0 Å². The number of anilines is 1. The SMILES string of the molecule is CCOC(=O)CC(=O)CSc1nnc(N)s1. The van der Waals surface area contributed by atoms with Gasteiger partial charge in [0.05, 0.1) is 12.4 Å². The van der Waals surface area contributed by atoms with Gasteiger partial charge in [-0.15, -0.1) is 10.2 Å². The van der Waals surface area contributed by atoms with E-state index < -0.39 is 5.97 Å². The van der Waals surface area contributed by atoms with Crippen LogP contribution in [0.2, 0.25) is 0 Å². The van der Waals surface area contributed by atoms with Gasteiger partial charge >= 0.3 is 5.97 Å². The van der Waals surface area contributed by atoms with Crippen LogP contribution in [-0.4, -0.2) is 34.3 Å². The number of nitrogen functional groups attached to an aromatic ring is 1. The lowest BCUT2D eigenvalue weighted by molar-refractivity contribution is -0.145. The third kappa shape index (κ3) is 4.58. The van der Waals surface area contributed by atoms with E-state index in [0.717, 1.165) is 0 Å². The Hall–Kier alpha value is -1.15. The zero-order valence-corrected chi connectivity index (χ0v) is 10.3. The standard InChI is InChI=1S/C8H11N3O3S2/c1-2-14-6(13)3-5(12)4-15-8-11-10-7(9)16-8/h2-4H2,1H3,(H2,9,10). The van der Waals surface area contributed by atoms with E-state index in [1.807, 2.05) is 0 Å². The number of thioether (sulfide) groups is 1. The quantitative estimate of drug-likeness (QED) is 0.458. The molecular weight excluding hydrogens is 250 g/mol. The zero-order chi connectivity index (χ0) is 12.0. The average molecular weight is 261 g/mol. The molecule has 1 aromatic heterocycles. The first-order valence-corrected chi connectivity index (χ1v) is 6.31. The Balaban J connectivity index is 2.27. The van der Waals surface area contributed by atoms with Gasteiger partial charge in [-0.05, 0) is 6.92 Å². The predicted molar refractivity (Wildman–Crippen MR) is 61.3 cm³/mol. The lowest BCUT2D eigenvalue weighted by atomic mass is 10.3. The van der Waals surface area contributed by atoms with Crippen LogP contribution in [0.5, 0.6) is 0 Å². The number of ketones is 1. The van der Waals surface area contributed by atoms with Crippen molar-refractivity contribution < 1.29 is 14.3 Å². The summed E-state index contributed by atoms with van der Waals surface area (Å²) in [6.45, 7) is 1.98. The summed E-state index contributed by atoms with van der Waals surface area (Å²) in [6.07, 6.45) is -0.199. The Bertz CT molecular complexity index is 380. The molecule has 0 atom stereocenters. The van der Waals surface area contributed by atoms with Gasteiger partial charge < -0.3 is 10.5 Å². The van der Waals surface area contributed by atoms with Crippen molar-refractivity contribution in [3.8, 4) is 0 Å². The lowest BCUT2D eigenvalue weighted by Crippen LogP contribution is -2.12. The molecule has 88 valence electrons. The normalized spacial score (nSPS) is 10.1. The molecule has 0 amide bonds. The molecule has 0 saturated heterocycles. The second-order valence-corrected chi connectivity index (χ2v) is 4.95. The molecule has 16 heavy (non-hydrogen) atoms. The molecule has 0 saturated carbocycles. The number of carbonyl (C=O) groups is 2. The van der Waals surface area contributed by atoms with E-state index in [1.54, 1.807) is 6.92 Å². The molecule has 0 aliphatic rings. The monoisotopic (exact) mass is 261 g/mol. The number of hydrogen-bond acceptors (Lipinski definition) is 8. The van der Waals surface area contributed by atoms with Crippen molar-refractivity contribution in [2.45, 2.75) is 17.7 Å². The maximum Gasteiger partial charge on any atom is 0.313 e. The summed E-state index contributed by atoms with van der Waals surface area (Å²) in [4.78, 5) is 22.3. The van der Waals surface area contributed by atoms with Crippen LogP contribution in [0.3, 0.4) is 0 Å². The van der Waals surface area contributed by atoms with E-state index in [1.165, 1.54) is 23.1 Å². The highest BCUT2D eigenvalue weighted by Crippen LogP contribution is 2.23. The Morgan fingerprint density at radius 2 is 2.25 bits per heavy atom. The van der Waals surface area contributed by atoms with Gasteiger partial charge in [-0.25, -0.2) is 0 Å². The van der Waals surface area contributed by atoms with E-state index in [-0.39, 0.29) is 24.6 Å². The summed E-state index contributed by atoms with van der Waals surface area (Å²) in [5.74, 6) is -0.518. The summed E-state index contributed by atoms with van der Waals surface area (Å²) in [7, 11) is 0. The molecule has 1 heterocycles. The van der Waals surface area contributed by atoms with Crippen molar-refractivity contribution in [3.63, 3.8) is 0 Å². The fraction of sp³-hybridized carbons (Fsp3) is 0.500. The van der Waals surface area contributed by atoms with Gasteiger partial charge in [0.1, 0.15) is 6.42 Å². The van der Waals surface area contributed by atoms with Crippen LogP contribution in [0.15, 0.2) is 4.34 Å². The molecule has 0 unspecified atom stereocenters. The molecule has 0 radical (unpaired) electrons. The van der Waals surface area contributed by atoms with Crippen molar-refractivity contribution >= 4 is 40.0 Å². The number of esters is 1. The maximum absolute atomic E-state index is 11.3. The molecule has 0 fully saturated rings. The van der Waals surface area contributed by atoms with Crippen LogP contribution >= 0.6 is 23.1 Å². The number of carbonyl (C=O) groups excluding carboxylic acids is 2. The topological polar surface area (TPSA) is 95.2 Å². The number of hydrogen-bond donors (Lipinski definition) is 1. The molecule has 0 bridgehead atoms. The minimum atomic E-state index is -0.495. The van der Waals surface area contributed by atoms with E-state index in [4.69, 9.17) is 5.73 Å². The smallest absolute Gasteiger partial charge is 0.313 e. The molecule has 1 rings (SSSR count). The molecular formula is C8H11N3O3S2. The van der Waals surface area contributed by atoms with Crippen LogP contribution < -0.4 is 5.73 Å². The Labute approximate surface area is 101 Å². The summed E-state index contributed by atoms with van der Waals surface area (Å²) in [6, 6.07) is 0. The molecule has 0 aliphatic carbocycles. The molecule has 2 N–H and O–H groups in total. The fourth-order valence-electron chi connectivity index (χ4n) is 0.845. The largest absolute Gasteiger partial charge is 0.466 e. The van der Waals surface area contributed by atoms with E-state index >= 15 is 0 Å². The summed E-state index contributed by atoms with van der Waals surface area (Å²) in [5.41, 5.74) is 5.38. The van der Waals surface area contributed by atoms with Gasteiger partial charge in [0.15, 0.2) is 10.1 Å².